The van der Waals surface area contributed by atoms with E-state index >= 15 is 0 Å². The molecular weight excluding hydrogens is 438 g/mol. The minimum atomic E-state index is -3.41. The lowest BCUT2D eigenvalue weighted by atomic mass is 10.0. The Bertz CT molecular complexity index is 1250. The number of nitrogens with zero attached hydrogens (tertiary/aromatic N) is 1. The molecule has 3 aromatic rings. The van der Waals surface area contributed by atoms with Crippen molar-refractivity contribution < 1.29 is 17.9 Å². The van der Waals surface area contributed by atoms with E-state index in [4.69, 9.17) is 22.1 Å². The molecule has 2 aromatic carbocycles. The third kappa shape index (κ3) is 5.53. The van der Waals surface area contributed by atoms with Gasteiger partial charge in [0.1, 0.15) is 6.10 Å². The Morgan fingerprint density at radius 1 is 1.19 bits per heavy atom. The number of nitrogens with two attached hydrogens (primary N) is 1. The zero-order valence-electron chi connectivity index (χ0n) is 17.2. The first kappa shape index (κ1) is 22.6. The van der Waals surface area contributed by atoms with Gasteiger partial charge in [0.25, 0.3) is 5.91 Å². The molecule has 0 aliphatic heterocycles. The molecule has 0 saturated carbocycles. The molecule has 3 N–H and O–H groups in total. The molecule has 0 bridgehead atoms. The maximum Gasteiger partial charge on any atom is 0.255 e. The van der Waals surface area contributed by atoms with Crippen LogP contribution in [0.2, 0.25) is 5.02 Å². The molecule has 31 heavy (non-hydrogen) atoms. The van der Waals surface area contributed by atoms with Gasteiger partial charge in [-0.1, -0.05) is 23.7 Å². The van der Waals surface area contributed by atoms with Crippen LogP contribution in [0.5, 0.6) is 5.75 Å². The van der Waals surface area contributed by atoms with Gasteiger partial charge in [0.15, 0.2) is 21.4 Å². The van der Waals surface area contributed by atoms with Gasteiger partial charge in [0.2, 0.25) is 0 Å². The smallest absolute Gasteiger partial charge is 0.255 e. The molecular formula is C22H22ClN3O4S. The summed E-state index contributed by atoms with van der Waals surface area (Å²) in [5.41, 5.74) is 8.44. The first-order valence-corrected chi connectivity index (χ1v) is 11.6. The molecule has 1 aromatic heterocycles. The number of nitrogens with one attached hydrogen (secondary N) is 1. The van der Waals surface area contributed by atoms with E-state index in [2.05, 4.69) is 10.3 Å². The zero-order chi connectivity index (χ0) is 22.8. The van der Waals surface area contributed by atoms with Gasteiger partial charge in [-0.05, 0) is 55.3 Å². The van der Waals surface area contributed by atoms with Crippen molar-refractivity contribution in [2.45, 2.75) is 24.8 Å². The van der Waals surface area contributed by atoms with Crippen molar-refractivity contribution in [3.05, 3.63) is 76.4 Å². The molecule has 1 unspecified atom stereocenters. The van der Waals surface area contributed by atoms with Gasteiger partial charge >= 0.3 is 0 Å². The molecule has 0 saturated heterocycles. The highest BCUT2D eigenvalue weighted by Crippen LogP contribution is 2.30. The van der Waals surface area contributed by atoms with E-state index in [1.165, 1.54) is 24.4 Å². The van der Waals surface area contributed by atoms with E-state index in [-0.39, 0.29) is 16.3 Å². The maximum absolute atomic E-state index is 12.7. The number of aromatic nitrogens is 1. The molecule has 0 aliphatic rings. The molecule has 0 spiro atoms. The Morgan fingerprint density at radius 3 is 2.65 bits per heavy atom. The van der Waals surface area contributed by atoms with E-state index in [0.717, 1.165) is 17.4 Å². The van der Waals surface area contributed by atoms with Crippen molar-refractivity contribution in [2.24, 2.45) is 0 Å². The molecule has 0 aliphatic carbocycles. The highest BCUT2D eigenvalue weighted by atomic mass is 35.5. The van der Waals surface area contributed by atoms with Crippen molar-refractivity contribution in [3.63, 3.8) is 0 Å². The van der Waals surface area contributed by atoms with Gasteiger partial charge in [-0.15, -0.1) is 0 Å². The number of hydrogen-bond acceptors (Lipinski definition) is 6. The number of aryl methyl sites for hydroxylation is 1. The maximum atomic E-state index is 12.7. The van der Waals surface area contributed by atoms with Crippen LogP contribution < -0.4 is 15.8 Å². The van der Waals surface area contributed by atoms with Crippen LogP contribution in [0, 0.1) is 6.92 Å². The minimum Gasteiger partial charge on any atom is -0.482 e. The molecule has 0 fully saturated rings. The second-order valence-electron chi connectivity index (χ2n) is 7.12. The van der Waals surface area contributed by atoms with E-state index in [1.807, 2.05) is 19.9 Å². The van der Waals surface area contributed by atoms with Crippen molar-refractivity contribution in [1.29, 1.82) is 0 Å². The number of rotatable bonds is 6. The number of sulfone groups is 1. The third-order valence-electron chi connectivity index (χ3n) is 4.65. The Labute approximate surface area is 186 Å². The second kappa shape index (κ2) is 8.95. The summed E-state index contributed by atoms with van der Waals surface area (Å²) >= 11 is 5.97. The number of anilines is 2. The summed E-state index contributed by atoms with van der Waals surface area (Å²) in [5, 5.41) is 3.20. The molecule has 0 radical (unpaired) electrons. The SMILES string of the molecule is Cc1ccc(NC(=O)c2cccc(S(C)(=O)=O)c2)cc1C(C)Oc1cc(Cl)cnc1N. The van der Waals surface area contributed by atoms with Crippen LogP contribution in [0.4, 0.5) is 11.5 Å². The van der Waals surface area contributed by atoms with E-state index in [0.29, 0.717) is 16.5 Å². The summed E-state index contributed by atoms with van der Waals surface area (Å²) in [6.07, 6.45) is 2.14. The first-order chi connectivity index (χ1) is 14.5. The summed E-state index contributed by atoms with van der Waals surface area (Å²) < 4.78 is 29.4. The van der Waals surface area contributed by atoms with Crippen LogP contribution in [0.25, 0.3) is 0 Å². The Hall–Kier alpha value is -3.10. The number of amides is 1. The minimum absolute atomic E-state index is 0.0829. The van der Waals surface area contributed by atoms with Gasteiger partial charge in [-0.2, -0.15) is 0 Å². The second-order valence-corrected chi connectivity index (χ2v) is 9.57. The summed E-state index contributed by atoms with van der Waals surface area (Å²) in [4.78, 5) is 16.7. The Kier molecular flexibility index (Phi) is 6.52. The van der Waals surface area contributed by atoms with Gasteiger partial charge in [-0.3, -0.25) is 4.79 Å². The lowest BCUT2D eigenvalue weighted by Gasteiger charge is -2.19. The predicted molar refractivity (Wildman–Crippen MR) is 121 cm³/mol. The van der Waals surface area contributed by atoms with Crippen molar-refractivity contribution in [3.8, 4) is 5.75 Å². The van der Waals surface area contributed by atoms with Crippen LogP contribution in [0.15, 0.2) is 59.6 Å². The molecule has 7 nitrogen and oxygen atoms in total. The van der Waals surface area contributed by atoms with Crippen LogP contribution in [-0.2, 0) is 9.84 Å². The number of carbonyl (C=O) groups excluding carboxylic acids is 1. The first-order valence-electron chi connectivity index (χ1n) is 9.34. The van der Waals surface area contributed by atoms with Crippen LogP contribution in [0.3, 0.4) is 0 Å². The average Bonchev–Trinajstić information content (AvgIpc) is 2.71. The number of pyridine rings is 1. The van der Waals surface area contributed by atoms with E-state index < -0.39 is 21.8 Å². The number of benzene rings is 2. The van der Waals surface area contributed by atoms with Crippen LogP contribution in [0.1, 0.15) is 34.5 Å². The lowest BCUT2D eigenvalue weighted by molar-refractivity contribution is 0.102. The third-order valence-corrected chi connectivity index (χ3v) is 5.97. The van der Waals surface area contributed by atoms with Crippen LogP contribution >= 0.6 is 11.6 Å². The fourth-order valence-electron chi connectivity index (χ4n) is 3.01. The number of ether oxygens (including phenoxy) is 1. The topological polar surface area (TPSA) is 111 Å². The molecule has 1 amide bonds. The van der Waals surface area contributed by atoms with Gasteiger partial charge in [-0.25, -0.2) is 13.4 Å². The molecule has 3 rings (SSSR count). The van der Waals surface area contributed by atoms with E-state index in [9.17, 15) is 13.2 Å². The van der Waals surface area contributed by atoms with Gasteiger partial charge in [0, 0.05) is 29.8 Å². The number of carbonyl (C=O) groups is 1. The average molecular weight is 460 g/mol. The molecule has 1 heterocycles. The molecule has 162 valence electrons. The highest BCUT2D eigenvalue weighted by molar-refractivity contribution is 7.90. The normalized spacial score (nSPS) is 12.3. The number of hydrogen-bond donors (Lipinski definition) is 2. The summed E-state index contributed by atoms with van der Waals surface area (Å²) in [6.45, 7) is 3.78. The zero-order valence-corrected chi connectivity index (χ0v) is 18.8. The highest BCUT2D eigenvalue weighted by Gasteiger charge is 2.16. The number of nitrogen functional groups attached to an aromatic ring is 1. The molecule has 9 heteroatoms. The standard InChI is InChI=1S/C22H22ClN3O4S/c1-13-7-8-17(26-22(27)15-5-4-6-18(9-15)31(3,28)29)11-19(13)14(2)30-20-10-16(23)12-25-21(20)24/h4-12,14H,1-3H3,(H2,24,25)(H,26,27). The largest absolute Gasteiger partial charge is 0.482 e. The monoisotopic (exact) mass is 459 g/mol. The Balaban J connectivity index is 1.82. The lowest BCUT2D eigenvalue weighted by Crippen LogP contribution is -2.14. The van der Waals surface area contributed by atoms with Crippen molar-refractivity contribution >= 4 is 38.9 Å². The fourth-order valence-corrected chi connectivity index (χ4v) is 3.82. The van der Waals surface area contributed by atoms with Crippen molar-refractivity contribution in [2.75, 3.05) is 17.3 Å². The summed E-state index contributed by atoms with van der Waals surface area (Å²) in [6, 6.07) is 12.9. The van der Waals surface area contributed by atoms with Crippen molar-refractivity contribution in [1.82, 2.24) is 4.98 Å². The van der Waals surface area contributed by atoms with E-state index in [1.54, 1.807) is 24.3 Å². The summed E-state index contributed by atoms with van der Waals surface area (Å²) in [5.74, 6) is 0.174. The predicted octanol–water partition coefficient (Wildman–Crippen LogP) is 4.42. The summed E-state index contributed by atoms with van der Waals surface area (Å²) in [7, 11) is -3.41. The number of halogens is 1. The Morgan fingerprint density at radius 2 is 1.94 bits per heavy atom. The van der Waals surface area contributed by atoms with Gasteiger partial charge < -0.3 is 15.8 Å². The van der Waals surface area contributed by atoms with Gasteiger partial charge in [0.05, 0.1) is 9.92 Å². The van der Waals surface area contributed by atoms with Crippen LogP contribution in [-0.4, -0.2) is 25.6 Å². The quantitative estimate of drug-likeness (QED) is 0.564. The molecule has 1 atom stereocenters. The fraction of sp³-hybridized carbons (Fsp3) is 0.182.